The van der Waals surface area contributed by atoms with E-state index >= 15 is 0 Å². The van der Waals surface area contributed by atoms with E-state index in [0.29, 0.717) is 32.5 Å². The first kappa shape index (κ1) is 19.7. The van der Waals surface area contributed by atoms with E-state index in [9.17, 15) is 9.59 Å². The molecule has 4 heteroatoms. The third kappa shape index (κ3) is 4.80. The smallest absolute Gasteiger partial charge is 0.314 e. The summed E-state index contributed by atoms with van der Waals surface area (Å²) in [5.74, 6) is 5.17. The molecule has 0 aliphatic carbocycles. The first-order chi connectivity index (χ1) is 13.6. The molecule has 3 rings (SSSR count). The van der Waals surface area contributed by atoms with E-state index in [0.717, 1.165) is 17.5 Å². The standard InChI is InChI=1S/C24H25NO3/c1-2-28-23(27)24(18-21-12-7-4-8-13-21)16-9-17-25(19-24)22(26)15-14-20-10-5-3-6-11-20/h3-8,10-13H,2,9,16-19H2,1H3. The Morgan fingerprint density at radius 2 is 1.75 bits per heavy atom. The lowest BCUT2D eigenvalue weighted by Gasteiger charge is -2.40. The van der Waals surface area contributed by atoms with Crippen LogP contribution in [0.15, 0.2) is 60.7 Å². The first-order valence-electron chi connectivity index (χ1n) is 9.70. The van der Waals surface area contributed by atoms with Crippen LogP contribution in [0.1, 0.15) is 30.9 Å². The number of ether oxygens (including phenoxy) is 1. The number of likely N-dealkylation sites (tertiary alicyclic amines) is 1. The second-order valence-electron chi connectivity index (χ2n) is 7.11. The minimum Gasteiger partial charge on any atom is -0.466 e. The maximum atomic E-state index is 12.9. The Hall–Kier alpha value is -3.06. The number of rotatable bonds is 4. The van der Waals surface area contributed by atoms with Gasteiger partial charge < -0.3 is 9.64 Å². The van der Waals surface area contributed by atoms with Crippen LogP contribution in [0.2, 0.25) is 0 Å². The molecule has 1 heterocycles. The number of carbonyl (C=O) groups is 2. The molecule has 144 valence electrons. The average molecular weight is 375 g/mol. The number of hydrogen-bond donors (Lipinski definition) is 0. The van der Waals surface area contributed by atoms with E-state index in [1.807, 2.05) is 67.6 Å². The third-order valence-corrected chi connectivity index (χ3v) is 5.05. The van der Waals surface area contributed by atoms with Crippen molar-refractivity contribution in [3.63, 3.8) is 0 Å². The highest BCUT2D eigenvalue weighted by Gasteiger charge is 2.44. The van der Waals surface area contributed by atoms with Gasteiger partial charge in [0.1, 0.15) is 0 Å². The van der Waals surface area contributed by atoms with Gasteiger partial charge in [-0.2, -0.15) is 0 Å². The minimum absolute atomic E-state index is 0.229. The molecule has 0 bridgehead atoms. The van der Waals surface area contributed by atoms with Crippen LogP contribution >= 0.6 is 0 Å². The molecule has 1 unspecified atom stereocenters. The van der Waals surface area contributed by atoms with E-state index in [4.69, 9.17) is 4.74 Å². The highest BCUT2D eigenvalue weighted by molar-refractivity contribution is 5.94. The van der Waals surface area contributed by atoms with Gasteiger partial charge in [-0.25, -0.2) is 0 Å². The molecule has 0 N–H and O–H groups in total. The lowest BCUT2D eigenvalue weighted by molar-refractivity contribution is -0.160. The summed E-state index contributed by atoms with van der Waals surface area (Å²) < 4.78 is 5.40. The molecular weight excluding hydrogens is 350 g/mol. The second kappa shape index (κ2) is 9.23. The van der Waals surface area contributed by atoms with Crippen molar-refractivity contribution in [2.24, 2.45) is 5.41 Å². The molecule has 1 aliphatic heterocycles. The summed E-state index contributed by atoms with van der Waals surface area (Å²) in [6.45, 7) is 3.09. The van der Waals surface area contributed by atoms with Gasteiger partial charge in [0.15, 0.2) is 0 Å². The maximum Gasteiger partial charge on any atom is 0.314 e. The zero-order chi connectivity index (χ0) is 19.8. The van der Waals surface area contributed by atoms with Crippen LogP contribution in [0.4, 0.5) is 0 Å². The van der Waals surface area contributed by atoms with Crippen LogP contribution in [0, 0.1) is 17.3 Å². The van der Waals surface area contributed by atoms with E-state index in [2.05, 4.69) is 11.8 Å². The van der Waals surface area contributed by atoms with Gasteiger partial charge in [-0.3, -0.25) is 9.59 Å². The summed E-state index contributed by atoms with van der Waals surface area (Å²) in [5, 5.41) is 0. The van der Waals surface area contributed by atoms with Gasteiger partial charge >= 0.3 is 5.97 Å². The van der Waals surface area contributed by atoms with Gasteiger partial charge in [0.05, 0.1) is 12.0 Å². The number of piperidine rings is 1. The summed E-state index contributed by atoms with van der Waals surface area (Å²) in [6, 6.07) is 19.3. The zero-order valence-electron chi connectivity index (χ0n) is 16.2. The Balaban J connectivity index is 1.80. The highest BCUT2D eigenvalue weighted by Crippen LogP contribution is 2.35. The highest BCUT2D eigenvalue weighted by atomic mass is 16.5. The summed E-state index contributed by atoms with van der Waals surface area (Å²) in [4.78, 5) is 27.3. The summed E-state index contributed by atoms with van der Waals surface area (Å²) in [7, 11) is 0. The Bertz CT molecular complexity index is 867. The Kier molecular flexibility index (Phi) is 6.49. The quantitative estimate of drug-likeness (QED) is 0.607. The molecule has 1 aliphatic rings. The lowest BCUT2D eigenvalue weighted by atomic mass is 9.75. The number of hydrogen-bond acceptors (Lipinski definition) is 3. The Labute approximate surface area is 166 Å². The molecule has 0 radical (unpaired) electrons. The van der Waals surface area contributed by atoms with Crippen LogP contribution in [-0.4, -0.2) is 36.5 Å². The fraction of sp³-hybridized carbons (Fsp3) is 0.333. The van der Waals surface area contributed by atoms with Crippen molar-refractivity contribution in [2.45, 2.75) is 26.2 Å². The van der Waals surface area contributed by atoms with Crippen LogP contribution in [0.3, 0.4) is 0 Å². The van der Waals surface area contributed by atoms with Crippen LogP contribution in [0.5, 0.6) is 0 Å². The summed E-state index contributed by atoms with van der Waals surface area (Å²) in [5.41, 5.74) is 1.15. The monoisotopic (exact) mass is 375 g/mol. The number of esters is 1. The average Bonchev–Trinajstić information content (AvgIpc) is 2.74. The normalized spacial score (nSPS) is 18.7. The Morgan fingerprint density at radius 1 is 1.07 bits per heavy atom. The third-order valence-electron chi connectivity index (χ3n) is 5.05. The van der Waals surface area contributed by atoms with Crippen LogP contribution in [0.25, 0.3) is 0 Å². The zero-order valence-corrected chi connectivity index (χ0v) is 16.2. The second-order valence-corrected chi connectivity index (χ2v) is 7.11. The van der Waals surface area contributed by atoms with Crippen molar-refractivity contribution in [1.29, 1.82) is 0 Å². The molecule has 0 saturated carbocycles. The van der Waals surface area contributed by atoms with E-state index in [1.165, 1.54) is 0 Å². The van der Waals surface area contributed by atoms with Gasteiger partial charge in [-0.1, -0.05) is 54.5 Å². The van der Waals surface area contributed by atoms with Gasteiger partial charge in [0, 0.05) is 24.6 Å². The fourth-order valence-corrected chi connectivity index (χ4v) is 3.69. The molecule has 28 heavy (non-hydrogen) atoms. The number of amides is 1. The summed E-state index contributed by atoms with van der Waals surface area (Å²) in [6.07, 6.45) is 2.02. The Morgan fingerprint density at radius 3 is 2.43 bits per heavy atom. The number of carbonyl (C=O) groups excluding carboxylic acids is 2. The number of benzene rings is 2. The maximum absolute atomic E-state index is 12.9. The topological polar surface area (TPSA) is 46.6 Å². The summed E-state index contributed by atoms with van der Waals surface area (Å²) >= 11 is 0. The van der Waals surface area contributed by atoms with Gasteiger partial charge in [0.25, 0.3) is 5.91 Å². The van der Waals surface area contributed by atoms with Gasteiger partial charge in [-0.15, -0.1) is 0 Å². The largest absolute Gasteiger partial charge is 0.466 e. The predicted octanol–water partition coefficient (Wildman–Crippen LogP) is 3.45. The van der Waals surface area contributed by atoms with Gasteiger partial charge in [0.2, 0.25) is 0 Å². The van der Waals surface area contributed by atoms with E-state index in [-0.39, 0.29) is 11.9 Å². The molecule has 1 atom stereocenters. The molecule has 2 aromatic rings. The predicted molar refractivity (Wildman–Crippen MR) is 108 cm³/mol. The van der Waals surface area contributed by atoms with Gasteiger partial charge in [-0.05, 0) is 43.9 Å². The number of nitrogens with zero attached hydrogens (tertiary/aromatic N) is 1. The van der Waals surface area contributed by atoms with Crippen LogP contribution in [-0.2, 0) is 20.7 Å². The van der Waals surface area contributed by atoms with Crippen molar-refractivity contribution in [1.82, 2.24) is 4.90 Å². The van der Waals surface area contributed by atoms with Crippen molar-refractivity contribution >= 4 is 11.9 Å². The first-order valence-corrected chi connectivity index (χ1v) is 9.70. The molecule has 2 aromatic carbocycles. The van der Waals surface area contributed by atoms with E-state index < -0.39 is 5.41 Å². The SMILES string of the molecule is CCOC(=O)C1(Cc2ccccc2)CCCN(C(=O)C#Cc2ccccc2)C1. The van der Waals surface area contributed by atoms with Crippen molar-refractivity contribution in [3.8, 4) is 11.8 Å². The van der Waals surface area contributed by atoms with Crippen molar-refractivity contribution in [3.05, 3.63) is 71.8 Å². The molecule has 1 amide bonds. The molecule has 1 fully saturated rings. The molecule has 0 spiro atoms. The fourth-order valence-electron chi connectivity index (χ4n) is 3.69. The minimum atomic E-state index is -0.723. The molecule has 4 nitrogen and oxygen atoms in total. The van der Waals surface area contributed by atoms with Crippen molar-refractivity contribution < 1.29 is 14.3 Å². The van der Waals surface area contributed by atoms with E-state index in [1.54, 1.807) is 4.90 Å². The lowest BCUT2D eigenvalue weighted by Crippen LogP contribution is -2.51. The van der Waals surface area contributed by atoms with Crippen molar-refractivity contribution in [2.75, 3.05) is 19.7 Å². The molecule has 0 aromatic heterocycles. The van der Waals surface area contributed by atoms with Crippen LogP contribution < -0.4 is 0 Å². The molecular formula is C24H25NO3. The molecule has 1 saturated heterocycles.